The molecule has 5 heteroatoms. The molecule has 0 fully saturated rings. The van der Waals surface area contributed by atoms with Crippen molar-refractivity contribution < 1.29 is 4.79 Å². The van der Waals surface area contributed by atoms with Crippen molar-refractivity contribution in [2.45, 2.75) is 6.92 Å². The van der Waals surface area contributed by atoms with E-state index < -0.39 is 0 Å². The molecule has 1 rings (SSSR count). The van der Waals surface area contributed by atoms with Crippen molar-refractivity contribution in [3.05, 3.63) is 28.7 Å². The van der Waals surface area contributed by atoms with E-state index >= 15 is 0 Å². The Labute approximate surface area is 90.3 Å². The number of guanidine groups is 1. The summed E-state index contributed by atoms with van der Waals surface area (Å²) in [6.07, 6.45) is 0. The Morgan fingerprint density at radius 2 is 2.00 bits per heavy atom. The van der Waals surface area contributed by atoms with Crippen LogP contribution in [0.15, 0.2) is 33.7 Å². The molecule has 0 aliphatic rings. The molecule has 0 atom stereocenters. The van der Waals surface area contributed by atoms with E-state index in [1.54, 1.807) is 12.1 Å². The second kappa shape index (κ2) is 4.76. The maximum Gasteiger partial charge on any atom is 0.223 e. The molecule has 1 aromatic rings. The van der Waals surface area contributed by atoms with Gasteiger partial charge in [0.2, 0.25) is 11.9 Å². The predicted molar refractivity (Wildman–Crippen MR) is 59.2 cm³/mol. The number of hydrogen-bond acceptors (Lipinski definition) is 2. The number of halogens is 1. The molecule has 0 saturated carbocycles. The zero-order valence-corrected chi connectivity index (χ0v) is 9.21. The highest BCUT2D eigenvalue weighted by Crippen LogP contribution is 2.16. The molecule has 0 heterocycles. The molecular weight excluding hydrogens is 246 g/mol. The number of nitrogens with zero attached hydrogens (tertiary/aromatic N) is 1. The minimum absolute atomic E-state index is 0.0971. The van der Waals surface area contributed by atoms with Crippen LogP contribution in [0.5, 0.6) is 0 Å². The first-order valence-electron chi connectivity index (χ1n) is 3.95. The summed E-state index contributed by atoms with van der Waals surface area (Å²) < 4.78 is 0.967. The van der Waals surface area contributed by atoms with Crippen molar-refractivity contribution in [3.8, 4) is 0 Å². The van der Waals surface area contributed by atoms with Gasteiger partial charge in [-0.1, -0.05) is 15.9 Å². The number of carbonyl (C=O) groups excluding carboxylic acids is 1. The SMILES string of the molecule is CC(=O)NC(N)=Nc1ccc(Br)cc1. The number of amides is 1. The Morgan fingerprint density at radius 3 is 2.50 bits per heavy atom. The molecule has 14 heavy (non-hydrogen) atoms. The fourth-order valence-corrected chi connectivity index (χ4v) is 1.13. The van der Waals surface area contributed by atoms with Gasteiger partial charge in [0.1, 0.15) is 0 Å². The van der Waals surface area contributed by atoms with Crippen LogP contribution in [0.3, 0.4) is 0 Å². The van der Waals surface area contributed by atoms with Crippen molar-refractivity contribution in [1.82, 2.24) is 5.32 Å². The van der Waals surface area contributed by atoms with E-state index in [2.05, 4.69) is 26.2 Å². The van der Waals surface area contributed by atoms with Gasteiger partial charge in [0.15, 0.2) is 0 Å². The lowest BCUT2D eigenvalue weighted by Gasteiger charge is -2.00. The van der Waals surface area contributed by atoms with Crippen LogP contribution in [-0.2, 0) is 4.79 Å². The summed E-state index contributed by atoms with van der Waals surface area (Å²) in [6.45, 7) is 1.38. The topological polar surface area (TPSA) is 67.5 Å². The normalized spacial score (nSPS) is 11.1. The Hall–Kier alpha value is -1.36. The van der Waals surface area contributed by atoms with Crippen molar-refractivity contribution in [2.75, 3.05) is 0 Å². The largest absolute Gasteiger partial charge is 0.369 e. The van der Waals surface area contributed by atoms with E-state index in [4.69, 9.17) is 5.73 Å². The second-order valence-electron chi connectivity index (χ2n) is 2.65. The number of rotatable bonds is 1. The average Bonchev–Trinajstić information content (AvgIpc) is 2.07. The summed E-state index contributed by atoms with van der Waals surface area (Å²) in [7, 11) is 0. The lowest BCUT2D eigenvalue weighted by atomic mass is 10.3. The number of carbonyl (C=O) groups is 1. The fourth-order valence-electron chi connectivity index (χ4n) is 0.863. The first-order chi connectivity index (χ1) is 6.58. The van der Waals surface area contributed by atoms with Gasteiger partial charge in [0, 0.05) is 11.4 Å². The van der Waals surface area contributed by atoms with Gasteiger partial charge >= 0.3 is 0 Å². The van der Waals surface area contributed by atoms with Crippen LogP contribution in [0.2, 0.25) is 0 Å². The smallest absolute Gasteiger partial charge is 0.223 e. The molecule has 1 amide bonds. The third-order valence-corrected chi connectivity index (χ3v) is 1.91. The Balaban J connectivity index is 2.76. The number of nitrogens with two attached hydrogens (primary N) is 1. The highest BCUT2D eigenvalue weighted by molar-refractivity contribution is 9.10. The first-order valence-corrected chi connectivity index (χ1v) is 4.74. The van der Waals surface area contributed by atoms with Gasteiger partial charge in [-0.2, -0.15) is 0 Å². The van der Waals surface area contributed by atoms with E-state index in [0.717, 1.165) is 4.47 Å². The Morgan fingerprint density at radius 1 is 1.43 bits per heavy atom. The van der Waals surface area contributed by atoms with Gasteiger partial charge in [-0.25, -0.2) is 4.99 Å². The van der Waals surface area contributed by atoms with Crippen LogP contribution in [0, 0.1) is 0 Å². The monoisotopic (exact) mass is 255 g/mol. The minimum Gasteiger partial charge on any atom is -0.369 e. The molecule has 0 saturated heterocycles. The summed E-state index contributed by atoms with van der Waals surface area (Å²) in [4.78, 5) is 14.6. The lowest BCUT2D eigenvalue weighted by Crippen LogP contribution is -2.34. The van der Waals surface area contributed by atoms with E-state index in [1.165, 1.54) is 6.92 Å². The Bertz CT molecular complexity index is 359. The summed E-state index contributed by atoms with van der Waals surface area (Å²) in [5.74, 6) is -0.136. The standard InChI is InChI=1S/C9H10BrN3O/c1-6(14)12-9(11)13-8-4-2-7(10)3-5-8/h2-5H,1H3,(H3,11,12,13,14). The highest BCUT2D eigenvalue weighted by Gasteiger charge is 1.95. The Kier molecular flexibility index (Phi) is 3.64. The zero-order valence-electron chi connectivity index (χ0n) is 7.62. The van der Waals surface area contributed by atoms with E-state index in [-0.39, 0.29) is 11.9 Å². The summed E-state index contributed by atoms with van der Waals surface area (Å²) >= 11 is 3.30. The summed E-state index contributed by atoms with van der Waals surface area (Å²) in [5.41, 5.74) is 6.14. The second-order valence-corrected chi connectivity index (χ2v) is 3.57. The first kappa shape index (κ1) is 10.7. The minimum atomic E-state index is -0.233. The molecule has 74 valence electrons. The molecule has 0 aliphatic heterocycles. The predicted octanol–water partition coefficient (Wildman–Crippen LogP) is 1.53. The van der Waals surface area contributed by atoms with Gasteiger partial charge in [-0.3, -0.25) is 10.1 Å². The molecule has 0 aromatic heterocycles. The van der Waals surface area contributed by atoms with Crippen LogP contribution in [0.1, 0.15) is 6.92 Å². The number of nitrogens with one attached hydrogen (secondary N) is 1. The van der Waals surface area contributed by atoms with E-state index in [0.29, 0.717) is 5.69 Å². The van der Waals surface area contributed by atoms with Crippen LogP contribution in [-0.4, -0.2) is 11.9 Å². The summed E-state index contributed by atoms with van der Waals surface area (Å²) in [6, 6.07) is 7.28. The molecule has 4 nitrogen and oxygen atoms in total. The van der Waals surface area contributed by atoms with Crippen molar-refractivity contribution >= 4 is 33.5 Å². The van der Waals surface area contributed by atoms with Gasteiger partial charge in [-0.05, 0) is 24.3 Å². The highest BCUT2D eigenvalue weighted by atomic mass is 79.9. The van der Waals surface area contributed by atoms with Crippen LogP contribution in [0.4, 0.5) is 5.69 Å². The van der Waals surface area contributed by atoms with Crippen LogP contribution in [0.25, 0.3) is 0 Å². The van der Waals surface area contributed by atoms with Gasteiger partial charge in [-0.15, -0.1) is 0 Å². The fraction of sp³-hybridized carbons (Fsp3) is 0.111. The zero-order chi connectivity index (χ0) is 10.6. The number of aliphatic imine (C=N–C) groups is 1. The average molecular weight is 256 g/mol. The molecule has 0 spiro atoms. The molecule has 1 aromatic carbocycles. The van der Waals surface area contributed by atoms with Gasteiger partial charge < -0.3 is 5.73 Å². The molecule has 0 radical (unpaired) electrons. The molecule has 0 bridgehead atoms. The van der Waals surface area contributed by atoms with Crippen LogP contribution < -0.4 is 11.1 Å². The van der Waals surface area contributed by atoms with Crippen molar-refractivity contribution in [2.24, 2.45) is 10.7 Å². The molecular formula is C9H10BrN3O. The molecule has 0 aliphatic carbocycles. The molecule has 0 unspecified atom stereocenters. The number of hydrogen-bond donors (Lipinski definition) is 2. The van der Waals surface area contributed by atoms with Gasteiger partial charge in [0.25, 0.3) is 0 Å². The summed E-state index contributed by atoms with van der Waals surface area (Å²) in [5, 5.41) is 2.38. The van der Waals surface area contributed by atoms with Crippen LogP contribution >= 0.6 is 15.9 Å². The van der Waals surface area contributed by atoms with Gasteiger partial charge in [0.05, 0.1) is 5.69 Å². The molecule has 3 N–H and O–H groups in total. The van der Waals surface area contributed by atoms with E-state index in [9.17, 15) is 4.79 Å². The third-order valence-electron chi connectivity index (χ3n) is 1.38. The van der Waals surface area contributed by atoms with E-state index in [1.807, 2.05) is 12.1 Å². The third kappa shape index (κ3) is 3.57. The maximum absolute atomic E-state index is 10.6. The quantitative estimate of drug-likeness (QED) is 0.591. The maximum atomic E-state index is 10.6. The van der Waals surface area contributed by atoms with Crippen molar-refractivity contribution in [1.29, 1.82) is 0 Å². The number of benzene rings is 1. The van der Waals surface area contributed by atoms with Crippen molar-refractivity contribution in [3.63, 3.8) is 0 Å². The lowest BCUT2D eigenvalue weighted by molar-refractivity contribution is -0.117.